The zero-order valence-corrected chi connectivity index (χ0v) is 14.6. The third kappa shape index (κ3) is 7.90. The van der Waals surface area contributed by atoms with Crippen molar-refractivity contribution in [1.82, 2.24) is 0 Å². The average Bonchev–Trinajstić information content (AvgIpc) is 2.47. The van der Waals surface area contributed by atoms with Crippen molar-refractivity contribution in [2.24, 2.45) is 5.92 Å². The second-order valence-corrected chi connectivity index (χ2v) is 7.94. The summed E-state index contributed by atoms with van der Waals surface area (Å²) in [5.41, 5.74) is 0. The Morgan fingerprint density at radius 2 is 1.09 bits per heavy atom. The minimum atomic E-state index is -2.30. The van der Waals surface area contributed by atoms with E-state index in [1.54, 1.807) is 0 Å². The van der Waals surface area contributed by atoms with E-state index >= 15 is 0 Å². The summed E-state index contributed by atoms with van der Waals surface area (Å²) in [6.45, 7) is 0. The molecule has 0 aliphatic carbocycles. The predicted octanol–water partition coefficient (Wildman–Crippen LogP) is 0.834. The average molecular weight is 378 g/mol. The summed E-state index contributed by atoms with van der Waals surface area (Å²) in [7, 11) is 0. The Morgan fingerprint density at radius 3 is 1.30 bits per heavy atom. The maximum Gasteiger partial charge on any atom is 0.168 e. The fourth-order valence-electron chi connectivity index (χ4n) is 2.02. The summed E-state index contributed by atoms with van der Waals surface area (Å²) in [6, 6.07) is 0. The van der Waals surface area contributed by atoms with E-state index in [-0.39, 0.29) is 25.7 Å². The van der Waals surface area contributed by atoms with Gasteiger partial charge in [-0.25, -0.2) is 12.6 Å². The molecule has 0 spiro atoms. The standard InChI is InChI=1S/C14H18O6S3/c1-4-12(21(15)16)9-7-11(14(6-3)23(19)20)8-10-13(5-2)22(17)18/h1-3,11-14H,7-10H2,(H,15,16)(H,17,18)(H,19,20). The van der Waals surface area contributed by atoms with Crippen molar-refractivity contribution < 1.29 is 26.3 Å². The van der Waals surface area contributed by atoms with E-state index in [2.05, 4.69) is 17.8 Å². The Bertz CT molecular complexity index is 547. The third-order valence-electron chi connectivity index (χ3n) is 3.27. The third-order valence-corrected chi connectivity index (χ3v) is 5.94. The lowest BCUT2D eigenvalue weighted by molar-refractivity contribution is 0.423. The molecule has 128 valence electrons. The monoisotopic (exact) mass is 378 g/mol. The number of hydrogen-bond acceptors (Lipinski definition) is 3. The molecule has 0 bridgehead atoms. The van der Waals surface area contributed by atoms with Crippen LogP contribution in [0.25, 0.3) is 0 Å². The first-order valence-electron chi connectivity index (χ1n) is 6.45. The van der Waals surface area contributed by atoms with Gasteiger partial charge in [-0.1, -0.05) is 17.8 Å². The van der Waals surface area contributed by atoms with Gasteiger partial charge in [-0.3, -0.25) is 0 Å². The highest BCUT2D eigenvalue weighted by Crippen LogP contribution is 2.24. The van der Waals surface area contributed by atoms with Gasteiger partial charge in [-0.15, -0.1) is 19.3 Å². The first-order valence-corrected chi connectivity index (χ1v) is 9.96. The highest BCUT2D eigenvalue weighted by molar-refractivity contribution is 7.80. The minimum absolute atomic E-state index is 0.128. The molecule has 0 rings (SSSR count). The van der Waals surface area contributed by atoms with Crippen LogP contribution in [0.1, 0.15) is 25.7 Å². The fourth-order valence-corrected chi connectivity index (χ4v) is 3.65. The van der Waals surface area contributed by atoms with Gasteiger partial charge in [0.25, 0.3) is 0 Å². The van der Waals surface area contributed by atoms with E-state index in [1.807, 2.05) is 0 Å². The van der Waals surface area contributed by atoms with Crippen LogP contribution in [0.4, 0.5) is 0 Å². The Balaban J connectivity index is 5.04. The molecule has 0 aliphatic heterocycles. The maximum absolute atomic E-state index is 11.3. The molecule has 0 aromatic rings. The molecule has 0 fully saturated rings. The van der Waals surface area contributed by atoms with Crippen molar-refractivity contribution in [2.75, 3.05) is 0 Å². The van der Waals surface area contributed by atoms with Crippen LogP contribution in [-0.2, 0) is 33.2 Å². The Kier molecular flexibility index (Phi) is 11.0. The quantitative estimate of drug-likeness (QED) is 0.383. The second-order valence-electron chi connectivity index (χ2n) is 4.64. The van der Waals surface area contributed by atoms with E-state index in [0.29, 0.717) is 0 Å². The van der Waals surface area contributed by atoms with Gasteiger partial charge in [0.05, 0.1) is 0 Å². The van der Waals surface area contributed by atoms with Crippen molar-refractivity contribution in [3.05, 3.63) is 0 Å². The smallest absolute Gasteiger partial charge is 0.168 e. The van der Waals surface area contributed by atoms with Crippen LogP contribution in [0.2, 0.25) is 0 Å². The summed E-state index contributed by atoms with van der Waals surface area (Å²) < 4.78 is 60.8. The van der Waals surface area contributed by atoms with E-state index in [9.17, 15) is 17.2 Å². The molecule has 3 N–H and O–H groups in total. The van der Waals surface area contributed by atoms with Gasteiger partial charge in [0.1, 0.15) is 15.7 Å². The van der Waals surface area contributed by atoms with E-state index < -0.39 is 54.9 Å². The van der Waals surface area contributed by atoms with Gasteiger partial charge < -0.3 is 13.7 Å². The Morgan fingerprint density at radius 1 is 0.696 bits per heavy atom. The lowest BCUT2D eigenvalue weighted by Crippen LogP contribution is -2.27. The number of rotatable bonds is 10. The van der Waals surface area contributed by atoms with Crippen LogP contribution in [0.15, 0.2) is 0 Å². The SMILES string of the molecule is C#CC(CCC(CCC(C#C)S(=O)O)C(C#C)S(=O)O)S(=O)O. The van der Waals surface area contributed by atoms with Crippen LogP contribution >= 0.6 is 0 Å². The zero-order chi connectivity index (χ0) is 18.0. The van der Waals surface area contributed by atoms with Crippen molar-refractivity contribution >= 4 is 33.2 Å². The molecule has 0 amide bonds. The Hall–Kier alpha value is -0.990. The van der Waals surface area contributed by atoms with E-state index in [4.69, 9.17) is 28.4 Å². The summed E-state index contributed by atoms with van der Waals surface area (Å²) in [5.74, 6) is 6.04. The second kappa shape index (κ2) is 11.5. The van der Waals surface area contributed by atoms with E-state index in [1.165, 1.54) is 0 Å². The normalized spacial score (nSPS) is 19.8. The Labute approximate surface area is 144 Å². The van der Waals surface area contributed by atoms with Crippen molar-refractivity contribution in [1.29, 1.82) is 0 Å². The molecule has 6 atom stereocenters. The molecule has 6 nitrogen and oxygen atoms in total. The molecule has 0 radical (unpaired) electrons. The highest BCUT2D eigenvalue weighted by Gasteiger charge is 2.27. The van der Waals surface area contributed by atoms with Crippen LogP contribution in [0, 0.1) is 42.9 Å². The molecular formula is C14H18O6S3. The molecule has 0 saturated heterocycles. The molecule has 23 heavy (non-hydrogen) atoms. The van der Waals surface area contributed by atoms with E-state index in [0.717, 1.165) is 0 Å². The number of hydrogen-bond donors (Lipinski definition) is 3. The zero-order valence-electron chi connectivity index (χ0n) is 12.2. The van der Waals surface area contributed by atoms with Crippen molar-refractivity contribution in [3.63, 3.8) is 0 Å². The molecular weight excluding hydrogens is 360 g/mol. The molecule has 0 saturated carbocycles. The lowest BCUT2D eigenvalue weighted by Gasteiger charge is -2.22. The van der Waals surface area contributed by atoms with Crippen LogP contribution in [-0.4, -0.2) is 42.0 Å². The molecule has 0 aromatic heterocycles. The first kappa shape index (κ1) is 22.0. The highest BCUT2D eigenvalue weighted by atomic mass is 32.2. The minimum Gasteiger partial charge on any atom is -0.305 e. The van der Waals surface area contributed by atoms with Crippen LogP contribution < -0.4 is 0 Å². The van der Waals surface area contributed by atoms with Crippen LogP contribution in [0.3, 0.4) is 0 Å². The summed E-state index contributed by atoms with van der Waals surface area (Å²) >= 11 is -6.73. The lowest BCUT2D eigenvalue weighted by atomic mass is 9.92. The van der Waals surface area contributed by atoms with Crippen molar-refractivity contribution in [3.8, 4) is 37.0 Å². The van der Waals surface area contributed by atoms with Crippen LogP contribution in [0.5, 0.6) is 0 Å². The molecule has 9 heteroatoms. The first-order chi connectivity index (χ1) is 10.8. The summed E-state index contributed by atoms with van der Waals surface area (Å²) in [5, 5.41) is -2.86. The predicted molar refractivity (Wildman–Crippen MR) is 92.1 cm³/mol. The van der Waals surface area contributed by atoms with Gasteiger partial charge in [0.2, 0.25) is 0 Å². The van der Waals surface area contributed by atoms with Gasteiger partial charge in [-0.05, 0) is 31.6 Å². The molecule has 0 aliphatic rings. The topological polar surface area (TPSA) is 112 Å². The maximum atomic E-state index is 11.3. The summed E-state index contributed by atoms with van der Waals surface area (Å²) in [4.78, 5) is 0. The largest absolute Gasteiger partial charge is 0.305 e. The van der Waals surface area contributed by atoms with Gasteiger partial charge in [0.15, 0.2) is 33.2 Å². The molecule has 6 unspecified atom stereocenters. The van der Waals surface area contributed by atoms with Crippen molar-refractivity contribution in [2.45, 2.75) is 41.4 Å². The molecule has 0 heterocycles. The number of terminal acetylenes is 3. The molecule has 0 aromatic carbocycles. The van der Waals surface area contributed by atoms with Gasteiger partial charge in [0, 0.05) is 0 Å². The van der Waals surface area contributed by atoms with Gasteiger partial charge in [-0.2, -0.15) is 0 Å². The fraction of sp³-hybridized carbons (Fsp3) is 0.571. The summed E-state index contributed by atoms with van der Waals surface area (Å²) in [6.07, 6.45) is 16.3. The van der Waals surface area contributed by atoms with Gasteiger partial charge >= 0.3 is 0 Å².